The van der Waals surface area contributed by atoms with Crippen molar-refractivity contribution >= 4 is 15.9 Å². The Morgan fingerprint density at radius 2 is 2.25 bits per heavy atom. The first-order valence-corrected chi connectivity index (χ1v) is 3.60. The molecule has 0 aliphatic heterocycles. The molecular formula is C5H11BrO2. The minimum atomic E-state index is 0.245. The van der Waals surface area contributed by atoms with E-state index in [4.69, 9.17) is 4.74 Å². The van der Waals surface area contributed by atoms with Gasteiger partial charge in [0.1, 0.15) is 6.79 Å². The molecule has 3 heteroatoms. The molecule has 0 unspecified atom stereocenters. The van der Waals surface area contributed by atoms with Gasteiger partial charge in [0.05, 0.1) is 6.10 Å². The van der Waals surface area contributed by atoms with E-state index < -0.39 is 0 Å². The summed E-state index contributed by atoms with van der Waals surface area (Å²) in [5.41, 5.74) is 0. The van der Waals surface area contributed by atoms with Crippen LogP contribution in [0.2, 0.25) is 0 Å². The summed E-state index contributed by atoms with van der Waals surface area (Å²) in [5.74, 6) is 0. The first kappa shape index (κ1) is 8.40. The average Bonchev–Trinajstić information content (AvgIpc) is 1.83. The highest BCUT2D eigenvalue weighted by molar-refractivity contribution is 9.09. The van der Waals surface area contributed by atoms with Crippen LogP contribution in [0.5, 0.6) is 0 Å². The van der Waals surface area contributed by atoms with E-state index in [1.54, 1.807) is 7.11 Å². The second-order valence-corrected chi connectivity index (χ2v) is 2.19. The van der Waals surface area contributed by atoms with E-state index in [1.807, 2.05) is 6.92 Å². The van der Waals surface area contributed by atoms with Gasteiger partial charge < -0.3 is 9.47 Å². The van der Waals surface area contributed by atoms with Crippen molar-refractivity contribution in [2.75, 3.05) is 19.2 Å². The molecule has 0 heterocycles. The summed E-state index contributed by atoms with van der Waals surface area (Å²) in [6.45, 7) is 2.36. The van der Waals surface area contributed by atoms with Crippen LogP contribution in [-0.4, -0.2) is 25.3 Å². The standard InChI is InChI=1S/C5H11BrO2/c1-5(3-6)8-4-7-2/h5H,3-4H2,1-2H3/t5-/m0/s1. The molecule has 0 aliphatic carbocycles. The molecule has 0 bridgehead atoms. The second-order valence-electron chi connectivity index (χ2n) is 1.54. The SMILES string of the molecule is COCO[C@@H](C)CBr. The fraction of sp³-hybridized carbons (Fsp3) is 1.00. The Hall–Kier alpha value is 0.400. The van der Waals surface area contributed by atoms with Crippen LogP contribution in [0.25, 0.3) is 0 Å². The molecule has 0 fully saturated rings. The molecule has 50 valence electrons. The fourth-order valence-corrected chi connectivity index (χ4v) is 0.416. The molecule has 0 aromatic heterocycles. The molecule has 0 N–H and O–H groups in total. The van der Waals surface area contributed by atoms with Crippen molar-refractivity contribution in [1.29, 1.82) is 0 Å². The summed E-state index contributed by atoms with van der Waals surface area (Å²) in [6, 6.07) is 0. The van der Waals surface area contributed by atoms with Crippen molar-refractivity contribution in [1.82, 2.24) is 0 Å². The number of alkyl halides is 1. The van der Waals surface area contributed by atoms with Gasteiger partial charge in [0.25, 0.3) is 0 Å². The van der Waals surface area contributed by atoms with Crippen molar-refractivity contribution in [3.05, 3.63) is 0 Å². The van der Waals surface area contributed by atoms with Crippen molar-refractivity contribution in [3.63, 3.8) is 0 Å². The van der Waals surface area contributed by atoms with Gasteiger partial charge in [-0.3, -0.25) is 0 Å². The van der Waals surface area contributed by atoms with E-state index in [9.17, 15) is 0 Å². The zero-order valence-corrected chi connectivity index (χ0v) is 6.77. The molecule has 0 aromatic carbocycles. The van der Waals surface area contributed by atoms with Gasteiger partial charge in [0, 0.05) is 12.4 Å². The van der Waals surface area contributed by atoms with Crippen LogP contribution in [0.1, 0.15) is 6.92 Å². The Morgan fingerprint density at radius 1 is 1.62 bits per heavy atom. The topological polar surface area (TPSA) is 18.5 Å². The first-order chi connectivity index (χ1) is 3.81. The first-order valence-electron chi connectivity index (χ1n) is 2.47. The number of methoxy groups -OCH3 is 1. The second kappa shape index (κ2) is 5.54. The molecule has 0 saturated carbocycles. The number of halogens is 1. The van der Waals surface area contributed by atoms with E-state index in [2.05, 4.69) is 20.7 Å². The third-order valence-electron chi connectivity index (χ3n) is 0.688. The molecule has 0 spiro atoms. The van der Waals surface area contributed by atoms with Crippen molar-refractivity contribution in [3.8, 4) is 0 Å². The van der Waals surface area contributed by atoms with Crippen LogP contribution in [0, 0.1) is 0 Å². The molecule has 0 aromatic rings. The van der Waals surface area contributed by atoms with Gasteiger partial charge in [-0.25, -0.2) is 0 Å². The maximum absolute atomic E-state index is 5.07. The summed E-state index contributed by atoms with van der Waals surface area (Å²) in [6.07, 6.45) is 0.245. The van der Waals surface area contributed by atoms with Crippen molar-refractivity contribution in [2.24, 2.45) is 0 Å². The van der Waals surface area contributed by atoms with Crippen molar-refractivity contribution < 1.29 is 9.47 Å². The van der Waals surface area contributed by atoms with Gasteiger partial charge in [0.2, 0.25) is 0 Å². The predicted molar refractivity (Wildman–Crippen MR) is 36.2 cm³/mol. The summed E-state index contributed by atoms with van der Waals surface area (Å²) >= 11 is 3.26. The fourth-order valence-electron chi connectivity index (χ4n) is 0.229. The van der Waals surface area contributed by atoms with Gasteiger partial charge in [-0.05, 0) is 6.92 Å². The van der Waals surface area contributed by atoms with Crippen LogP contribution in [0.4, 0.5) is 0 Å². The lowest BCUT2D eigenvalue weighted by Gasteiger charge is -2.06. The molecule has 8 heavy (non-hydrogen) atoms. The van der Waals surface area contributed by atoms with Crippen LogP contribution < -0.4 is 0 Å². The van der Waals surface area contributed by atoms with Crippen molar-refractivity contribution in [2.45, 2.75) is 13.0 Å². The van der Waals surface area contributed by atoms with E-state index >= 15 is 0 Å². The smallest absolute Gasteiger partial charge is 0.146 e. The third-order valence-corrected chi connectivity index (χ3v) is 1.60. The Kier molecular flexibility index (Phi) is 5.81. The molecule has 0 amide bonds. The Bertz CT molecular complexity index is 49.7. The quantitative estimate of drug-likeness (QED) is 0.484. The maximum atomic E-state index is 5.07. The van der Waals surface area contributed by atoms with E-state index in [0.29, 0.717) is 6.79 Å². The number of ether oxygens (including phenoxy) is 2. The van der Waals surface area contributed by atoms with Gasteiger partial charge in [-0.15, -0.1) is 0 Å². The summed E-state index contributed by atoms with van der Waals surface area (Å²) in [4.78, 5) is 0. The number of hydrogen-bond acceptors (Lipinski definition) is 2. The lowest BCUT2D eigenvalue weighted by molar-refractivity contribution is -0.0567. The summed E-state index contributed by atoms with van der Waals surface area (Å²) in [7, 11) is 1.61. The molecular weight excluding hydrogens is 172 g/mol. The lowest BCUT2D eigenvalue weighted by atomic mass is 10.5. The van der Waals surface area contributed by atoms with Gasteiger partial charge >= 0.3 is 0 Å². The predicted octanol–water partition coefficient (Wildman–Crippen LogP) is 1.39. The summed E-state index contributed by atoms with van der Waals surface area (Å²) < 4.78 is 9.74. The highest BCUT2D eigenvalue weighted by atomic mass is 79.9. The maximum Gasteiger partial charge on any atom is 0.146 e. The molecule has 0 aliphatic rings. The van der Waals surface area contributed by atoms with Crippen LogP contribution in [0.3, 0.4) is 0 Å². The monoisotopic (exact) mass is 182 g/mol. The molecule has 0 saturated heterocycles. The highest BCUT2D eigenvalue weighted by Crippen LogP contribution is 1.94. The van der Waals surface area contributed by atoms with Gasteiger partial charge in [0.15, 0.2) is 0 Å². The highest BCUT2D eigenvalue weighted by Gasteiger charge is 1.95. The van der Waals surface area contributed by atoms with E-state index in [1.165, 1.54) is 0 Å². The average molecular weight is 183 g/mol. The lowest BCUT2D eigenvalue weighted by Crippen LogP contribution is -2.10. The minimum Gasteiger partial charge on any atom is -0.359 e. The zero-order valence-electron chi connectivity index (χ0n) is 5.19. The number of hydrogen-bond donors (Lipinski definition) is 0. The van der Waals surface area contributed by atoms with Gasteiger partial charge in [-0.2, -0.15) is 0 Å². The van der Waals surface area contributed by atoms with Crippen LogP contribution >= 0.6 is 15.9 Å². The van der Waals surface area contributed by atoms with E-state index in [-0.39, 0.29) is 6.10 Å². The van der Waals surface area contributed by atoms with Crippen LogP contribution in [0.15, 0.2) is 0 Å². The molecule has 0 radical (unpaired) electrons. The zero-order chi connectivity index (χ0) is 6.41. The van der Waals surface area contributed by atoms with Gasteiger partial charge in [-0.1, -0.05) is 15.9 Å². The Balaban J connectivity index is 2.86. The minimum absolute atomic E-state index is 0.245. The van der Waals surface area contributed by atoms with Crippen LogP contribution in [-0.2, 0) is 9.47 Å². The summed E-state index contributed by atoms with van der Waals surface area (Å²) in [5, 5.41) is 0.858. The largest absolute Gasteiger partial charge is 0.359 e. The number of rotatable bonds is 4. The third kappa shape index (κ3) is 4.56. The Morgan fingerprint density at radius 3 is 2.62 bits per heavy atom. The molecule has 2 nitrogen and oxygen atoms in total. The normalized spacial score (nSPS) is 13.9. The molecule has 1 atom stereocenters. The Labute approximate surface area is 58.3 Å². The molecule has 0 rings (SSSR count). The van der Waals surface area contributed by atoms with E-state index in [0.717, 1.165) is 5.33 Å².